The molecule has 1 aromatic rings. The molecule has 0 spiro atoms. The molecule has 1 aliphatic heterocycles. The average Bonchev–Trinajstić information content (AvgIpc) is 2.76. The van der Waals surface area contributed by atoms with Crippen molar-refractivity contribution in [2.45, 2.75) is 19.4 Å². The fourth-order valence-corrected chi connectivity index (χ4v) is 1.98. The molecule has 1 aliphatic rings. The van der Waals surface area contributed by atoms with Crippen LogP contribution in [0.25, 0.3) is 0 Å². The summed E-state index contributed by atoms with van der Waals surface area (Å²) in [5.74, 6) is 5.18. The van der Waals surface area contributed by atoms with Gasteiger partial charge in [-0.05, 0) is 25.5 Å². The number of rotatable bonds is 2. The molecule has 0 aliphatic carbocycles. The fourth-order valence-electron chi connectivity index (χ4n) is 1.98. The molecule has 2 N–H and O–H groups in total. The second-order valence-corrected chi connectivity index (χ2v) is 4.17. The van der Waals surface area contributed by atoms with Crippen LogP contribution in [0.3, 0.4) is 0 Å². The molecule has 1 saturated heterocycles. The average molecular weight is 220 g/mol. The molecule has 4 heteroatoms. The summed E-state index contributed by atoms with van der Waals surface area (Å²) in [5.41, 5.74) is 1.83. The predicted molar refractivity (Wildman–Crippen MR) is 60.8 cm³/mol. The Labute approximate surface area is 94.9 Å². The number of carbonyl (C=O) groups is 1. The lowest BCUT2D eigenvalue weighted by molar-refractivity contribution is 0.0537. The van der Waals surface area contributed by atoms with E-state index >= 15 is 0 Å². The van der Waals surface area contributed by atoms with Crippen LogP contribution in [0.1, 0.15) is 22.3 Å². The summed E-state index contributed by atoms with van der Waals surface area (Å²) in [7, 11) is 0. The van der Waals surface area contributed by atoms with Gasteiger partial charge in [0.25, 0.3) is 5.91 Å². The number of nitrogens with zero attached hydrogens (tertiary/aromatic N) is 1. The minimum absolute atomic E-state index is 0.0197. The van der Waals surface area contributed by atoms with Crippen LogP contribution in [-0.2, 0) is 4.84 Å². The lowest BCUT2D eigenvalue weighted by Crippen LogP contribution is -2.30. The topological polar surface area (TPSA) is 55.6 Å². The van der Waals surface area contributed by atoms with E-state index in [1.165, 1.54) is 0 Å². The van der Waals surface area contributed by atoms with Crippen LogP contribution in [-0.4, -0.2) is 30.0 Å². The van der Waals surface area contributed by atoms with Gasteiger partial charge in [-0.15, -0.1) is 0 Å². The van der Waals surface area contributed by atoms with Crippen LogP contribution in [0.15, 0.2) is 24.3 Å². The monoisotopic (exact) mass is 220 g/mol. The Kier molecular flexibility index (Phi) is 3.22. The molecule has 4 nitrogen and oxygen atoms in total. The first kappa shape index (κ1) is 11.1. The van der Waals surface area contributed by atoms with Gasteiger partial charge < -0.3 is 4.90 Å². The third-order valence-electron chi connectivity index (χ3n) is 2.89. The van der Waals surface area contributed by atoms with Crippen molar-refractivity contribution in [2.24, 2.45) is 5.90 Å². The smallest absolute Gasteiger partial charge is 0.253 e. The fraction of sp³-hybridized carbons (Fsp3) is 0.417. The van der Waals surface area contributed by atoms with Crippen molar-refractivity contribution >= 4 is 5.91 Å². The van der Waals surface area contributed by atoms with E-state index in [9.17, 15) is 4.79 Å². The van der Waals surface area contributed by atoms with E-state index in [-0.39, 0.29) is 12.0 Å². The summed E-state index contributed by atoms with van der Waals surface area (Å²) in [4.78, 5) is 18.6. The highest BCUT2D eigenvalue weighted by Gasteiger charge is 2.27. The van der Waals surface area contributed by atoms with Crippen molar-refractivity contribution in [1.82, 2.24) is 4.90 Å². The van der Waals surface area contributed by atoms with Crippen molar-refractivity contribution in [2.75, 3.05) is 13.1 Å². The quantitative estimate of drug-likeness (QED) is 0.759. The number of benzene rings is 1. The second kappa shape index (κ2) is 4.63. The maximum Gasteiger partial charge on any atom is 0.253 e. The van der Waals surface area contributed by atoms with Gasteiger partial charge in [-0.25, -0.2) is 5.90 Å². The van der Waals surface area contributed by atoms with Crippen LogP contribution < -0.4 is 5.90 Å². The first-order valence-electron chi connectivity index (χ1n) is 5.42. The Hall–Kier alpha value is -1.39. The first-order valence-corrected chi connectivity index (χ1v) is 5.42. The molecule has 0 radical (unpaired) electrons. The van der Waals surface area contributed by atoms with Gasteiger partial charge in [0.05, 0.1) is 6.10 Å². The van der Waals surface area contributed by atoms with Gasteiger partial charge in [-0.1, -0.05) is 17.7 Å². The van der Waals surface area contributed by atoms with Crippen molar-refractivity contribution in [3.63, 3.8) is 0 Å². The van der Waals surface area contributed by atoms with Crippen LogP contribution in [0.2, 0.25) is 0 Å². The highest BCUT2D eigenvalue weighted by Crippen LogP contribution is 2.15. The maximum absolute atomic E-state index is 12.1. The van der Waals surface area contributed by atoms with Gasteiger partial charge in [-0.3, -0.25) is 9.63 Å². The van der Waals surface area contributed by atoms with Gasteiger partial charge in [0.15, 0.2) is 0 Å². The predicted octanol–water partition coefficient (Wildman–Crippen LogP) is 1.10. The zero-order valence-electron chi connectivity index (χ0n) is 9.35. The lowest BCUT2D eigenvalue weighted by Gasteiger charge is -2.16. The summed E-state index contributed by atoms with van der Waals surface area (Å²) in [6, 6.07) is 7.62. The number of amides is 1. The van der Waals surface area contributed by atoms with Gasteiger partial charge in [0, 0.05) is 18.7 Å². The van der Waals surface area contributed by atoms with E-state index in [2.05, 4.69) is 0 Å². The zero-order chi connectivity index (χ0) is 11.5. The van der Waals surface area contributed by atoms with Crippen LogP contribution in [0.5, 0.6) is 0 Å². The Balaban J connectivity index is 2.08. The molecule has 0 aromatic heterocycles. The molecule has 1 amide bonds. The summed E-state index contributed by atoms with van der Waals surface area (Å²) < 4.78 is 0. The molecule has 86 valence electrons. The molecular formula is C12H16N2O2. The Bertz CT molecular complexity index is 392. The summed E-state index contributed by atoms with van der Waals surface area (Å²) in [6.45, 7) is 3.28. The molecule has 1 atom stereocenters. The maximum atomic E-state index is 12.1. The molecule has 16 heavy (non-hydrogen) atoms. The third kappa shape index (κ3) is 2.23. The Morgan fingerprint density at radius 2 is 2.38 bits per heavy atom. The lowest BCUT2D eigenvalue weighted by atomic mass is 10.1. The number of carbonyl (C=O) groups excluding carboxylic acids is 1. The van der Waals surface area contributed by atoms with Gasteiger partial charge in [0.1, 0.15) is 0 Å². The van der Waals surface area contributed by atoms with Crippen LogP contribution in [0, 0.1) is 6.92 Å². The highest BCUT2D eigenvalue weighted by atomic mass is 16.6. The molecule has 1 unspecified atom stereocenters. The molecule has 0 saturated carbocycles. The Morgan fingerprint density at radius 1 is 1.56 bits per heavy atom. The molecule has 0 bridgehead atoms. The van der Waals surface area contributed by atoms with E-state index in [1.54, 1.807) is 4.90 Å². The summed E-state index contributed by atoms with van der Waals surface area (Å²) in [5, 5.41) is 0. The molecule has 1 aromatic carbocycles. The number of aryl methyl sites for hydroxylation is 1. The zero-order valence-corrected chi connectivity index (χ0v) is 9.35. The van der Waals surface area contributed by atoms with Crippen LogP contribution in [0.4, 0.5) is 0 Å². The van der Waals surface area contributed by atoms with Crippen LogP contribution >= 0.6 is 0 Å². The van der Waals surface area contributed by atoms with Gasteiger partial charge in [-0.2, -0.15) is 0 Å². The van der Waals surface area contributed by atoms with Crippen molar-refractivity contribution < 1.29 is 9.63 Å². The summed E-state index contributed by atoms with van der Waals surface area (Å²) >= 11 is 0. The first-order chi connectivity index (χ1) is 7.70. The highest BCUT2D eigenvalue weighted by molar-refractivity contribution is 5.94. The SMILES string of the molecule is Cc1cccc(C(=O)N2CCC(ON)C2)c1. The number of likely N-dealkylation sites (tertiary alicyclic amines) is 1. The van der Waals surface area contributed by atoms with E-state index in [1.807, 2.05) is 31.2 Å². The van der Waals surface area contributed by atoms with Gasteiger partial charge >= 0.3 is 0 Å². The second-order valence-electron chi connectivity index (χ2n) is 4.17. The number of nitrogens with two attached hydrogens (primary N) is 1. The molecule has 2 rings (SSSR count). The largest absolute Gasteiger partial charge is 0.336 e. The van der Waals surface area contributed by atoms with E-state index in [4.69, 9.17) is 10.7 Å². The Morgan fingerprint density at radius 3 is 3.00 bits per heavy atom. The third-order valence-corrected chi connectivity index (χ3v) is 2.89. The van der Waals surface area contributed by atoms with Gasteiger partial charge in [0.2, 0.25) is 0 Å². The van der Waals surface area contributed by atoms with Crippen molar-refractivity contribution in [3.8, 4) is 0 Å². The van der Waals surface area contributed by atoms with E-state index in [0.717, 1.165) is 17.5 Å². The van der Waals surface area contributed by atoms with E-state index < -0.39 is 0 Å². The molecule has 1 fully saturated rings. The normalized spacial score (nSPS) is 20.1. The molecular weight excluding hydrogens is 204 g/mol. The minimum Gasteiger partial charge on any atom is -0.336 e. The van der Waals surface area contributed by atoms with Crippen molar-refractivity contribution in [1.29, 1.82) is 0 Å². The number of hydrogen-bond acceptors (Lipinski definition) is 3. The minimum atomic E-state index is -0.0197. The summed E-state index contributed by atoms with van der Waals surface area (Å²) in [6.07, 6.45) is 0.794. The van der Waals surface area contributed by atoms with E-state index in [0.29, 0.717) is 13.1 Å². The number of hydrogen-bond donors (Lipinski definition) is 1. The van der Waals surface area contributed by atoms with Crippen molar-refractivity contribution in [3.05, 3.63) is 35.4 Å². The molecule has 1 heterocycles. The standard InChI is InChI=1S/C12H16N2O2/c1-9-3-2-4-10(7-9)12(15)14-6-5-11(8-14)16-13/h2-4,7,11H,5-6,8,13H2,1H3.